The topological polar surface area (TPSA) is 71.8 Å². The molecule has 0 radical (unpaired) electrons. The summed E-state index contributed by atoms with van der Waals surface area (Å²) in [5.74, 6) is -0.234. The van der Waals surface area contributed by atoms with Crippen molar-refractivity contribution < 1.29 is 31.9 Å². The summed E-state index contributed by atoms with van der Waals surface area (Å²) in [6, 6.07) is 10.5. The van der Waals surface area contributed by atoms with E-state index < -0.39 is 28.3 Å². The van der Waals surface area contributed by atoms with Gasteiger partial charge in [0, 0.05) is 23.7 Å². The van der Waals surface area contributed by atoms with E-state index in [1.165, 1.54) is 6.07 Å². The molecule has 37 heavy (non-hydrogen) atoms. The van der Waals surface area contributed by atoms with Gasteiger partial charge in [0.1, 0.15) is 11.2 Å². The largest absolute Gasteiger partial charge is 0.451 e. The molecule has 1 saturated heterocycles. The Morgan fingerprint density at radius 1 is 1.11 bits per heavy atom. The first kappa shape index (κ1) is 25.4. The highest BCUT2D eigenvalue weighted by atomic mass is 35.5. The summed E-state index contributed by atoms with van der Waals surface area (Å²) < 4.78 is 50.9. The standard InChI is InChI=1S/C27H26ClF3N2O4/c1-26(2,3)37-25(35)33-13-14-9-16(33)11-18(14)17-5-4-6-22-19(17)12-23(36-22)24(34)32-15-7-8-21(28)20(10-15)27(29,30)31/h4-8,10,12,14,16,18H,9,11,13H2,1-3H3,(H,32,34)/t14-,16-,18?/m0/s1. The number of rotatable bonds is 3. The van der Waals surface area contributed by atoms with E-state index in [-0.39, 0.29) is 35.4 Å². The lowest BCUT2D eigenvalue weighted by Gasteiger charge is -2.33. The van der Waals surface area contributed by atoms with Gasteiger partial charge >= 0.3 is 12.3 Å². The van der Waals surface area contributed by atoms with Crippen molar-refractivity contribution in [2.24, 2.45) is 5.92 Å². The van der Waals surface area contributed by atoms with Gasteiger partial charge < -0.3 is 19.4 Å². The quantitative estimate of drug-likeness (QED) is 0.378. The molecule has 5 rings (SSSR count). The molecule has 0 spiro atoms. The highest BCUT2D eigenvalue weighted by molar-refractivity contribution is 6.31. The fourth-order valence-electron chi connectivity index (χ4n) is 5.41. The highest BCUT2D eigenvalue weighted by Gasteiger charge is 2.48. The lowest BCUT2D eigenvalue weighted by Crippen LogP contribution is -2.42. The number of furan rings is 1. The van der Waals surface area contributed by atoms with Gasteiger partial charge in [-0.3, -0.25) is 4.79 Å². The number of nitrogens with zero attached hydrogens (tertiary/aromatic N) is 1. The maximum atomic E-state index is 13.2. The maximum Gasteiger partial charge on any atom is 0.417 e. The Hall–Kier alpha value is -3.20. The zero-order valence-electron chi connectivity index (χ0n) is 20.5. The van der Waals surface area contributed by atoms with Crippen molar-refractivity contribution in [1.29, 1.82) is 0 Å². The van der Waals surface area contributed by atoms with E-state index in [0.717, 1.165) is 35.9 Å². The van der Waals surface area contributed by atoms with E-state index in [2.05, 4.69) is 5.32 Å². The summed E-state index contributed by atoms with van der Waals surface area (Å²) in [6.07, 6.45) is -3.29. The van der Waals surface area contributed by atoms with Gasteiger partial charge in [0.15, 0.2) is 5.76 Å². The van der Waals surface area contributed by atoms with Crippen LogP contribution in [0.5, 0.6) is 0 Å². The van der Waals surface area contributed by atoms with Gasteiger partial charge in [-0.15, -0.1) is 0 Å². The van der Waals surface area contributed by atoms with Gasteiger partial charge in [-0.1, -0.05) is 23.7 Å². The maximum absolute atomic E-state index is 13.2. The minimum Gasteiger partial charge on any atom is -0.451 e. The lowest BCUT2D eigenvalue weighted by atomic mass is 9.86. The number of amides is 2. The molecule has 1 unspecified atom stereocenters. The molecule has 1 saturated carbocycles. The van der Waals surface area contributed by atoms with Crippen molar-refractivity contribution in [3.8, 4) is 0 Å². The number of carbonyl (C=O) groups is 2. The van der Waals surface area contributed by atoms with E-state index in [1.54, 1.807) is 12.1 Å². The molecule has 1 aromatic heterocycles. The Labute approximate surface area is 216 Å². The molecule has 1 aliphatic carbocycles. The molecule has 2 heterocycles. The fraction of sp³-hybridized carbons (Fsp3) is 0.407. The van der Waals surface area contributed by atoms with Crippen molar-refractivity contribution in [1.82, 2.24) is 4.90 Å². The number of likely N-dealkylation sites (tertiary alicyclic amines) is 1. The van der Waals surface area contributed by atoms with Crippen LogP contribution in [0.2, 0.25) is 5.02 Å². The second-order valence-electron chi connectivity index (χ2n) is 10.6. The first-order valence-corrected chi connectivity index (χ1v) is 12.4. The Kier molecular flexibility index (Phi) is 6.17. The summed E-state index contributed by atoms with van der Waals surface area (Å²) in [4.78, 5) is 27.3. The SMILES string of the molecule is CC(C)(C)OC(=O)N1C[C@@H]2C[C@H]1CC2c1cccc2oc(C(=O)Nc3ccc(Cl)c(C(F)(F)F)c3)cc12. The normalized spacial score (nSPS) is 21.5. The number of fused-ring (bicyclic) bond motifs is 3. The van der Waals surface area contributed by atoms with Gasteiger partial charge in [-0.05, 0) is 81.3 Å². The molecule has 1 aliphatic heterocycles. The summed E-state index contributed by atoms with van der Waals surface area (Å²) in [5.41, 5.74) is -0.0878. The zero-order valence-corrected chi connectivity index (χ0v) is 21.2. The van der Waals surface area contributed by atoms with Crippen molar-refractivity contribution >= 4 is 40.3 Å². The van der Waals surface area contributed by atoms with Crippen LogP contribution in [0, 0.1) is 5.92 Å². The predicted octanol–water partition coefficient (Wildman–Crippen LogP) is 7.47. The van der Waals surface area contributed by atoms with Gasteiger partial charge in [-0.25, -0.2) is 4.79 Å². The molecule has 2 aliphatic rings. The third-order valence-corrected chi connectivity index (χ3v) is 7.25. The molecule has 2 amide bonds. The van der Waals surface area contributed by atoms with Crippen LogP contribution in [0.4, 0.5) is 23.7 Å². The number of hydrogen-bond acceptors (Lipinski definition) is 4. The molecule has 2 aromatic carbocycles. The number of nitrogens with one attached hydrogen (secondary N) is 1. The second kappa shape index (κ2) is 8.97. The molecular formula is C27H26ClF3N2O4. The highest BCUT2D eigenvalue weighted by Crippen LogP contribution is 2.49. The predicted molar refractivity (Wildman–Crippen MR) is 133 cm³/mol. The molecule has 196 valence electrons. The Morgan fingerprint density at radius 2 is 1.86 bits per heavy atom. The van der Waals surface area contributed by atoms with Gasteiger partial charge in [0.05, 0.1) is 10.6 Å². The van der Waals surface area contributed by atoms with E-state index in [1.807, 2.05) is 37.8 Å². The van der Waals surface area contributed by atoms with E-state index >= 15 is 0 Å². The van der Waals surface area contributed by atoms with Crippen LogP contribution in [0.3, 0.4) is 0 Å². The molecule has 3 atom stereocenters. The van der Waals surface area contributed by atoms with Crippen LogP contribution in [0.25, 0.3) is 11.0 Å². The number of alkyl halides is 3. The minimum atomic E-state index is -4.65. The van der Waals surface area contributed by atoms with Crippen LogP contribution in [-0.2, 0) is 10.9 Å². The third kappa shape index (κ3) is 5.01. The van der Waals surface area contributed by atoms with Crippen molar-refractivity contribution in [2.75, 3.05) is 11.9 Å². The Balaban J connectivity index is 1.35. The molecule has 2 bridgehead atoms. The zero-order chi connectivity index (χ0) is 26.7. The van der Waals surface area contributed by atoms with Crippen LogP contribution in [-0.4, -0.2) is 35.1 Å². The van der Waals surface area contributed by atoms with E-state index in [4.69, 9.17) is 20.8 Å². The number of hydrogen-bond donors (Lipinski definition) is 1. The first-order chi connectivity index (χ1) is 17.3. The van der Waals surface area contributed by atoms with Gasteiger partial charge in [-0.2, -0.15) is 13.2 Å². The number of piperidine rings is 1. The third-order valence-electron chi connectivity index (χ3n) is 6.92. The van der Waals surface area contributed by atoms with E-state index in [9.17, 15) is 22.8 Å². The van der Waals surface area contributed by atoms with Crippen LogP contribution in [0.15, 0.2) is 46.9 Å². The number of ether oxygens (including phenoxy) is 1. The Bertz CT molecular complexity index is 1380. The fourth-order valence-corrected chi connectivity index (χ4v) is 5.63. The van der Waals surface area contributed by atoms with Crippen molar-refractivity contribution in [3.05, 3.63) is 64.4 Å². The summed E-state index contributed by atoms with van der Waals surface area (Å²) in [7, 11) is 0. The Morgan fingerprint density at radius 3 is 2.51 bits per heavy atom. The van der Waals surface area contributed by atoms with Crippen LogP contribution in [0.1, 0.15) is 61.2 Å². The van der Waals surface area contributed by atoms with Gasteiger partial charge in [0.2, 0.25) is 0 Å². The number of carbonyl (C=O) groups excluding carboxylic acids is 2. The first-order valence-electron chi connectivity index (χ1n) is 12.0. The van der Waals surface area contributed by atoms with Crippen molar-refractivity contribution in [3.63, 3.8) is 0 Å². The summed E-state index contributed by atoms with van der Waals surface area (Å²) >= 11 is 5.67. The van der Waals surface area contributed by atoms with Crippen LogP contribution >= 0.6 is 11.6 Å². The number of benzene rings is 2. The molecule has 3 aromatic rings. The molecule has 10 heteroatoms. The molecule has 6 nitrogen and oxygen atoms in total. The average molecular weight is 535 g/mol. The van der Waals surface area contributed by atoms with Crippen LogP contribution < -0.4 is 5.32 Å². The molecule has 2 fully saturated rings. The summed E-state index contributed by atoms with van der Waals surface area (Å²) in [5, 5.41) is 2.79. The second-order valence-corrected chi connectivity index (χ2v) is 11.0. The van der Waals surface area contributed by atoms with Gasteiger partial charge in [0.25, 0.3) is 5.91 Å². The molecular weight excluding hydrogens is 509 g/mol. The summed E-state index contributed by atoms with van der Waals surface area (Å²) in [6.45, 7) is 6.14. The monoisotopic (exact) mass is 534 g/mol. The number of anilines is 1. The lowest BCUT2D eigenvalue weighted by molar-refractivity contribution is -0.137. The minimum absolute atomic E-state index is 0.00973. The average Bonchev–Trinajstić information content (AvgIpc) is 3.52. The smallest absolute Gasteiger partial charge is 0.417 e. The number of halogens is 4. The molecule has 1 N–H and O–H groups in total. The van der Waals surface area contributed by atoms with E-state index in [0.29, 0.717) is 12.1 Å². The van der Waals surface area contributed by atoms with Crippen molar-refractivity contribution in [2.45, 2.75) is 57.3 Å².